The molecule has 0 spiro atoms. The largest absolute Gasteiger partial charge is 0.508 e. The third-order valence-corrected chi connectivity index (χ3v) is 2.93. The Morgan fingerprint density at radius 1 is 0.812 bits per heavy atom. The van der Waals surface area contributed by atoms with E-state index in [2.05, 4.69) is 19.9 Å². The predicted octanol–water partition coefficient (Wildman–Crippen LogP) is 4.47. The molecule has 0 aliphatic heterocycles. The number of unbranched alkanes of at least 4 members (excludes halogenated alkanes) is 3. The molecule has 0 saturated carbocycles. The minimum Gasteiger partial charge on any atom is -0.508 e. The summed E-state index contributed by atoms with van der Waals surface area (Å²) in [5.41, 5.74) is 2.58. The van der Waals surface area contributed by atoms with E-state index in [1.54, 1.807) is 0 Å². The molecule has 0 aromatic heterocycles. The zero-order valence-corrected chi connectivity index (χ0v) is 10.6. The number of hydrogen-bond acceptors (Lipinski definition) is 1. The van der Waals surface area contributed by atoms with Crippen molar-refractivity contribution in [1.29, 1.82) is 0 Å². The Bertz CT molecular complexity index is 304. The first-order chi connectivity index (χ1) is 7.76. The molecule has 1 aromatic rings. The SMILES string of the molecule is CCCCCc1cc(O)cc(CCCC)c1. The summed E-state index contributed by atoms with van der Waals surface area (Å²) in [4.78, 5) is 0. The van der Waals surface area contributed by atoms with E-state index in [0.29, 0.717) is 5.75 Å². The second-order valence-electron chi connectivity index (χ2n) is 4.57. The van der Waals surface area contributed by atoms with Crippen molar-refractivity contribution < 1.29 is 5.11 Å². The summed E-state index contributed by atoms with van der Waals surface area (Å²) in [7, 11) is 0. The van der Waals surface area contributed by atoms with Gasteiger partial charge in [0.1, 0.15) is 5.75 Å². The molecular formula is C15H24O. The van der Waals surface area contributed by atoms with Crippen LogP contribution in [-0.4, -0.2) is 5.11 Å². The Morgan fingerprint density at radius 2 is 1.38 bits per heavy atom. The maximum absolute atomic E-state index is 9.65. The second-order valence-corrected chi connectivity index (χ2v) is 4.57. The molecule has 16 heavy (non-hydrogen) atoms. The van der Waals surface area contributed by atoms with Crippen LogP contribution >= 0.6 is 0 Å². The molecule has 0 heterocycles. The Morgan fingerprint density at radius 3 is 1.94 bits per heavy atom. The normalized spacial score (nSPS) is 10.6. The molecule has 0 aliphatic carbocycles. The van der Waals surface area contributed by atoms with E-state index in [1.807, 2.05) is 12.1 Å². The molecule has 0 aliphatic rings. The van der Waals surface area contributed by atoms with Gasteiger partial charge in [-0.3, -0.25) is 0 Å². The summed E-state index contributed by atoms with van der Waals surface area (Å²) < 4.78 is 0. The molecule has 1 N–H and O–H groups in total. The molecule has 0 radical (unpaired) electrons. The van der Waals surface area contributed by atoms with Gasteiger partial charge in [0.25, 0.3) is 0 Å². The molecule has 0 saturated heterocycles. The number of phenolic OH excluding ortho intramolecular Hbond substituents is 1. The number of hydrogen-bond donors (Lipinski definition) is 1. The van der Waals surface area contributed by atoms with Gasteiger partial charge in [0, 0.05) is 0 Å². The van der Waals surface area contributed by atoms with Crippen LogP contribution in [0.15, 0.2) is 18.2 Å². The van der Waals surface area contributed by atoms with E-state index in [4.69, 9.17) is 0 Å². The van der Waals surface area contributed by atoms with E-state index >= 15 is 0 Å². The molecule has 1 aromatic carbocycles. The van der Waals surface area contributed by atoms with E-state index < -0.39 is 0 Å². The highest BCUT2D eigenvalue weighted by Crippen LogP contribution is 2.19. The zero-order chi connectivity index (χ0) is 11.8. The van der Waals surface area contributed by atoms with Crippen LogP contribution in [-0.2, 0) is 12.8 Å². The van der Waals surface area contributed by atoms with Crippen molar-refractivity contribution in [3.05, 3.63) is 29.3 Å². The van der Waals surface area contributed by atoms with E-state index in [9.17, 15) is 5.11 Å². The molecule has 0 bridgehead atoms. The molecule has 0 unspecified atom stereocenters. The Balaban J connectivity index is 2.58. The topological polar surface area (TPSA) is 20.2 Å². The lowest BCUT2D eigenvalue weighted by atomic mass is 10.0. The van der Waals surface area contributed by atoms with Crippen molar-refractivity contribution >= 4 is 0 Å². The highest BCUT2D eigenvalue weighted by Gasteiger charge is 2.00. The Hall–Kier alpha value is -0.980. The Kier molecular flexibility index (Phi) is 5.99. The predicted molar refractivity (Wildman–Crippen MR) is 69.9 cm³/mol. The van der Waals surface area contributed by atoms with Gasteiger partial charge in [-0.2, -0.15) is 0 Å². The number of aryl methyl sites for hydroxylation is 2. The summed E-state index contributed by atoms with van der Waals surface area (Å²) in [6.45, 7) is 4.42. The highest BCUT2D eigenvalue weighted by atomic mass is 16.3. The van der Waals surface area contributed by atoms with Crippen LogP contribution in [0.3, 0.4) is 0 Å². The van der Waals surface area contributed by atoms with Crippen LogP contribution in [0.25, 0.3) is 0 Å². The summed E-state index contributed by atoms with van der Waals surface area (Å²) >= 11 is 0. The van der Waals surface area contributed by atoms with Crippen LogP contribution < -0.4 is 0 Å². The zero-order valence-electron chi connectivity index (χ0n) is 10.6. The molecule has 1 heteroatoms. The Labute approximate surface area is 99.5 Å². The van der Waals surface area contributed by atoms with Crippen molar-refractivity contribution in [2.24, 2.45) is 0 Å². The molecule has 0 fully saturated rings. The van der Waals surface area contributed by atoms with Gasteiger partial charge < -0.3 is 5.11 Å². The van der Waals surface area contributed by atoms with E-state index in [1.165, 1.54) is 43.2 Å². The van der Waals surface area contributed by atoms with Gasteiger partial charge in [-0.15, -0.1) is 0 Å². The van der Waals surface area contributed by atoms with Crippen molar-refractivity contribution in [3.63, 3.8) is 0 Å². The minimum absolute atomic E-state index is 0.431. The number of aromatic hydroxyl groups is 1. The lowest BCUT2D eigenvalue weighted by Gasteiger charge is -2.06. The smallest absolute Gasteiger partial charge is 0.116 e. The fourth-order valence-corrected chi connectivity index (χ4v) is 1.99. The maximum Gasteiger partial charge on any atom is 0.116 e. The van der Waals surface area contributed by atoms with Crippen molar-refractivity contribution in [2.45, 2.75) is 58.8 Å². The van der Waals surface area contributed by atoms with E-state index in [-0.39, 0.29) is 0 Å². The molecule has 1 rings (SSSR count). The third-order valence-electron chi connectivity index (χ3n) is 2.93. The van der Waals surface area contributed by atoms with Crippen LogP contribution in [0.1, 0.15) is 57.1 Å². The second kappa shape index (κ2) is 7.32. The van der Waals surface area contributed by atoms with Crippen LogP contribution in [0.2, 0.25) is 0 Å². The van der Waals surface area contributed by atoms with Crippen LogP contribution in [0, 0.1) is 0 Å². The van der Waals surface area contributed by atoms with Crippen molar-refractivity contribution in [3.8, 4) is 5.75 Å². The third kappa shape index (κ3) is 4.69. The summed E-state index contributed by atoms with van der Waals surface area (Å²) in [6.07, 6.45) is 8.36. The van der Waals surface area contributed by atoms with Gasteiger partial charge in [-0.25, -0.2) is 0 Å². The average Bonchev–Trinajstić information content (AvgIpc) is 2.26. The summed E-state index contributed by atoms with van der Waals surface area (Å²) in [5, 5.41) is 9.65. The molecule has 0 amide bonds. The maximum atomic E-state index is 9.65. The lowest BCUT2D eigenvalue weighted by molar-refractivity contribution is 0.473. The van der Waals surface area contributed by atoms with Crippen LogP contribution in [0.5, 0.6) is 5.75 Å². The van der Waals surface area contributed by atoms with Gasteiger partial charge in [0.15, 0.2) is 0 Å². The highest BCUT2D eigenvalue weighted by molar-refractivity contribution is 5.33. The number of phenols is 1. The molecule has 90 valence electrons. The van der Waals surface area contributed by atoms with E-state index in [0.717, 1.165) is 12.8 Å². The fraction of sp³-hybridized carbons (Fsp3) is 0.600. The molecular weight excluding hydrogens is 196 g/mol. The van der Waals surface area contributed by atoms with Crippen molar-refractivity contribution in [2.75, 3.05) is 0 Å². The number of benzene rings is 1. The van der Waals surface area contributed by atoms with Crippen molar-refractivity contribution in [1.82, 2.24) is 0 Å². The first-order valence-corrected chi connectivity index (χ1v) is 6.58. The first kappa shape index (κ1) is 13.1. The summed E-state index contributed by atoms with van der Waals surface area (Å²) in [6, 6.07) is 6.06. The van der Waals surface area contributed by atoms with Crippen LogP contribution in [0.4, 0.5) is 0 Å². The van der Waals surface area contributed by atoms with Gasteiger partial charge in [-0.05, 0) is 48.9 Å². The van der Waals surface area contributed by atoms with Gasteiger partial charge in [-0.1, -0.05) is 39.2 Å². The lowest BCUT2D eigenvalue weighted by Crippen LogP contribution is -1.90. The monoisotopic (exact) mass is 220 g/mol. The standard InChI is InChI=1S/C15H24O/c1-3-5-7-9-14-10-13(8-6-4-2)11-15(16)12-14/h10-12,16H,3-9H2,1-2H3. The molecule has 0 atom stereocenters. The number of rotatable bonds is 7. The summed E-state index contributed by atoms with van der Waals surface area (Å²) in [5.74, 6) is 0.431. The quantitative estimate of drug-likeness (QED) is 0.672. The van der Waals surface area contributed by atoms with Gasteiger partial charge >= 0.3 is 0 Å². The van der Waals surface area contributed by atoms with Gasteiger partial charge in [0.2, 0.25) is 0 Å². The first-order valence-electron chi connectivity index (χ1n) is 6.58. The fourth-order valence-electron chi connectivity index (χ4n) is 1.99. The molecule has 1 nitrogen and oxygen atoms in total. The minimum atomic E-state index is 0.431. The average molecular weight is 220 g/mol. The van der Waals surface area contributed by atoms with Gasteiger partial charge in [0.05, 0.1) is 0 Å².